The maximum Gasteiger partial charge on any atom is 0.204 e. The molecule has 1 heterocycles. The van der Waals surface area contributed by atoms with Gasteiger partial charge in [-0.2, -0.15) is 5.21 Å². The molecule has 0 spiro atoms. The molecule has 1 N–H and O–H groups in total. The maximum absolute atomic E-state index is 3.97. The average Bonchev–Trinajstić information content (AvgIpc) is 2.90. The molecule has 0 aliphatic carbocycles. The van der Waals surface area contributed by atoms with Crippen LogP contribution in [0.25, 0.3) is 11.4 Å². The molecule has 0 aliphatic rings. The Morgan fingerprint density at radius 1 is 1.21 bits per heavy atom. The number of hydrogen-bond acceptors (Lipinski definition) is 4. The molecule has 102 valence electrons. The third kappa shape index (κ3) is 4.13. The van der Waals surface area contributed by atoms with Crippen molar-refractivity contribution in [2.24, 2.45) is 5.92 Å². The second kappa shape index (κ2) is 6.43. The molecule has 5 heteroatoms. The van der Waals surface area contributed by atoms with Gasteiger partial charge in [0.15, 0.2) is 0 Å². The lowest BCUT2D eigenvalue weighted by Gasteiger charge is -2.18. The second-order valence-corrected chi connectivity index (χ2v) is 5.34. The number of benzene rings is 1. The molecule has 0 saturated heterocycles. The Kier molecular flexibility index (Phi) is 4.63. The zero-order chi connectivity index (χ0) is 13.7. The van der Waals surface area contributed by atoms with Gasteiger partial charge in [-0.05, 0) is 30.2 Å². The fourth-order valence-corrected chi connectivity index (χ4v) is 2.14. The van der Waals surface area contributed by atoms with E-state index in [0.717, 1.165) is 25.1 Å². The molecule has 0 unspecified atom stereocenters. The minimum absolute atomic E-state index is 0.642. The third-order valence-corrected chi connectivity index (χ3v) is 3.02. The summed E-state index contributed by atoms with van der Waals surface area (Å²) < 4.78 is 0. The number of aromatic amines is 1. The van der Waals surface area contributed by atoms with Gasteiger partial charge in [0.25, 0.3) is 0 Å². The van der Waals surface area contributed by atoms with Crippen LogP contribution in [0.4, 0.5) is 0 Å². The molecular formula is C14H21N5. The van der Waals surface area contributed by atoms with Gasteiger partial charge in [-0.15, -0.1) is 10.2 Å². The highest BCUT2D eigenvalue weighted by Crippen LogP contribution is 2.14. The zero-order valence-corrected chi connectivity index (χ0v) is 11.8. The molecule has 2 rings (SSSR count). The van der Waals surface area contributed by atoms with Crippen LogP contribution in [0.5, 0.6) is 0 Å². The lowest BCUT2D eigenvalue weighted by molar-refractivity contribution is 0.299. The summed E-state index contributed by atoms with van der Waals surface area (Å²) in [7, 11) is 2.17. The smallest absolute Gasteiger partial charge is 0.204 e. The molecule has 0 amide bonds. The second-order valence-electron chi connectivity index (χ2n) is 5.34. The van der Waals surface area contributed by atoms with E-state index >= 15 is 0 Å². The SMILES string of the molecule is CC(C)CN(C)CCc1ccc(-c2nn[nH]n2)cc1. The number of hydrogen-bond donors (Lipinski definition) is 1. The lowest BCUT2D eigenvalue weighted by Crippen LogP contribution is -2.25. The first-order valence-corrected chi connectivity index (χ1v) is 6.66. The van der Waals surface area contributed by atoms with Gasteiger partial charge in [-0.1, -0.05) is 38.1 Å². The van der Waals surface area contributed by atoms with Crippen LogP contribution in [0.2, 0.25) is 0 Å². The fourth-order valence-electron chi connectivity index (χ4n) is 2.14. The van der Waals surface area contributed by atoms with Crippen LogP contribution >= 0.6 is 0 Å². The van der Waals surface area contributed by atoms with E-state index in [1.807, 2.05) is 12.1 Å². The number of nitrogens with zero attached hydrogens (tertiary/aromatic N) is 4. The van der Waals surface area contributed by atoms with Crippen LogP contribution in [0.1, 0.15) is 19.4 Å². The van der Waals surface area contributed by atoms with Gasteiger partial charge in [-0.3, -0.25) is 0 Å². The van der Waals surface area contributed by atoms with E-state index in [0.29, 0.717) is 11.7 Å². The summed E-state index contributed by atoms with van der Waals surface area (Å²) in [4.78, 5) is 2.37. The molecule has 2 aromatic rings. The average molecular weight is 259 g/mol. The number of H-pyrrole nitrogens is 1. The van der Waals surface area contributed by atoms with Crippen molar-refractivity contribution in [2.75, 3.05) is 20.1 Å². The Balaban J connectivity index is 1.89. The number of tetrazole rings is 1. The van der Waals surface area contributed by atoms with Gasteiger partial charge in [0.05, 0.1) is 0 Å². The van der Waals surface area contributed by atoms with Gasteiger partial charge < -0.3 is 4.90 Å². The minimum atomic E-state index is 0.642. The van der Waals surface area contributed by atoms with Crippen molar-refractivity contribution < 1.29 is 0 Å². The monoisotopic (exact) mass is 259 g/mol. The predicted molar refractivity (Wildman–Crippen MR) is 75.7 cm³/mol. The van der Waals surface area contributed by atoms with E-state index in [9.17, 15) is 0 Å². The summed E-state index contributed by atoms with van der Waals surface area (Å²) in [5.41, 5.74) is 2.33. The van der Waals surface area contributed by atoms with Crippen molar-refractivity contribution in [3.63, 3.8) is 0 Å². The number of likely N-dealkylation sites (N-methyl/N-ethyl adjacent to an activating group) is 1. The molecule has 19 heavy (non-hydrogen) atoms. The minimum Gasteiger partial charge on any atom is -0.306 e. The van der Waals surface area contributed by atoms with Gasteiger partial charge in [0.1, 0.15) is 0 Å². The highest BCUT2D eigenvalue weighted by Gasteiger charge is 2.04. The topological polar surface area (TPSA) is 57.7 Å². The number of aromatic nitrogens is 4. The molecule has 5 nitrogen and oxygen atoms in total. The molecule has 1 aromatic carbocycles. The van der Waals surface area contributed by atoms with Crippen LogP contribution in [-0.4, -0.2) is 45.7 Å². The lowest BCUT2D eigenvalue weighted by atomic mass is 10.1. The Hall–Kier alpha value is -1.75. The van der Waals surface area contributed by atoms with Crippen molar-refractivity contribution in [3.8, 4) is 11.4 Å². The van der Waals surface area contributed by atoms with E-state index in [4.69, 9.17) is 0 Å². The third-order valence-electron chi connectivity index (χ3n) is 3.02. The Morgan fingerprint density at radius 2 is 1.95 bits per heavy atom. The number of nitrogens with one attached hydrogen (secondary N) is 1. The normalized spacial score (nSPS) is 11.4. The van der Waals surface area contributed by atoms with Crippen LogP contribution in [0.3, 0.4) is 0 Å². The number of rotatable bonds is 6. The van der Waals surface area contributed by atoms with E-state index in [-0.39, 0.29) is 0 Å². The molecule has 1 aromatic heterocycles. The predicted octanol–water partition coefficient (Wildman–Crippen LogP) is 2.00. The molecule has 0 atom stereocenters. The van der Waals surface area contributed by atoms with Crippen LogP contribution < -0.4 is 0 Å². The highest BCUT2D eigenvalue weighted by molar-refractivity contribution is 5.54. The van der Waals surface area contributed by atoms with E-state index in [2.05, 4.69) is 58.6 Å². The summed E-state index contributed by atoms with van der Waals surface area (Å²) in [6, 6.07) is 8.36. The quantitative estimate of drug-likeness (QED) is 0.862. The summed E-state index contributed by atoms with van der Waals surface area (Å²) >= 11 is 0. The highest BCUT2D eigenvalue weighted by atomic mass is 15.5. The molecular weight excluding hydrogens is 238 g/mol. The summed E-state index contributed by atoms with van der Waals surface area (Å²) in [6.07, 6.45) is 1.07. The standard InChI is InChI=1S/C14H21N5/c1-11(2)10-19(3)9-8-12-4-6-13(7-5-12)14-15-17-18-16-14/h4-7,11H,8-10H2,1-3H3,(H,15,16,17,18). The van der Waals surface area contributed by atoms with Crippen molar-refractivity contribution in [2.45, 2.75) is 20.3 Å². The van der Waals surface area contributed by atoms with Crippen molar-refractivity contribution in [1.29, 1.82) is 0 Å². The first kappa shape index (κ1) is 13.7. The van der Waals surface area contributed by atoms with Gasteiger partial charge in [0.2, 0.25) is 5.82 Å². The zero-order valence-electron chi connectivity index (χ0n) is 11.8. The largest absolute Gasteiger partial charge is 0.306 e. The molecule has 0 fully saturated rings. The van der Waals surface area contributed by atoms with Crippen molar-refractivity contribution >= 4 is 0 Å². The van der Waals surface area contributed by atoms with Gasteiger partial charge in [-0.25, -0.2) is 0 Å². The van der Waals surface area contributed by atoms with Gasteiger partial charge in [0, 0.05) is 18.7 Å². The van der Waals surface area contributed by atoms with E-state index in [1.54, 1.807) is 0 Å². The summed E-state index contributed by atoms with van der Waals surface area (Å²) in [5.74, 6) is 1.36. The summed E-state index contributed by atoms with van der Waals surface area (Å²) in [6.45, 7) is 6.72. The van der Waals surface area contributed by atoms with Crippen LogP contribution in [-0.2, 0) is 6.42 Å². The Bertz CT molecular complexity index is 475. The van der Waals surface area contributed by atoms with Crippen LogP contribution in [0.15, 0.2) is 24.3 Å². The van der Waals surface area contributed by atoms with Crippen LogP contribution in [0, 0.1) is 5.92 Å². The first-order valence-electron chi connectivity index (χ1n) is 6.66. The van der Waals surface area contributed by atoms with E-state index < -0.39 is 0 Å². The maximum atomic E-state index is 3.97. The Labute approximate surface area is 114 Å². The summed E-state index contributed by atoms with van der Waals surface area (Å²) in [5, 5.41) is 14.0. The first-order chi connectivity index (χ1) is 9.15. The van der Waals surface area contributed by atoms with Crippen molar-refractivity contribution in [1.82, 2.24) is 25.5 Å². The molecule has 0 bridgehead atoms. The van der Waals surface area contributed by atoms with Gasteiger partial charge >= 0.3 is 0 Å². The molecule has 0 radical (unpaired) electrons. The fraction of sp³-hybridized carbons (Fsp3) is 0.500. The van der Waals surface area contributed by atoms with E-state index in [1.165, 1.54) is 5.56 Å². The molecule has 0 aliphatic heterocycles. The Morgan fingerprint density at radius 3 is 2.53 bits per heavy atom. The van der Waals surface area contributed by atoms with Crippen molar-refractivity contribution in [3.05, 3.63) is 29.8 Å². The molecule has 0 saturated carbocycles.